The highest BCUT2D eigenvalue weighted by molar-refractivity contribution is 5.43. The highest BCUT2D eigenvalue weighted by Gasteiger charge is 2.19. The number of benzene rings is 1. The molecule has 1 unspecified atom stereocenters. The van der Waals surface area contributed by atoms with Gasteiger partial charge in [0.05, 0.1) is 13.2 Å². The van der Waals surface area contributed by atoms with Gasteiger partial charge in [0, 0.05) is 5.56 Å². The Morgan fingerprint density at radius 3 is 2.41 bits per heavy atom. The number of rotatable bonds is 3. The average Bonchev–Trinajstić information content (AvgIpc) is 2.29. The lowest BCUT2D eigenvalue weighted by atomic mass is 9.85. The molecule has 0 radical (unpaired) electrons. The summed E-state index contributed by atoms with van der Waals surface area (Å²) in [5.74, 6) is 0.749. The minimum absolute atomic E-state index is 0.0643. The molecule has 17 heavy (non-hydrogen) atoms. The zero-order valence-electron chi connectivity index (χ0n) is 11.2. The van der Waals surface area contributed by atoms with Crippen LogP contribution in [0.25, 0.3) is 0 Å². The van der Waals surface area contributed by atoms with E-state index in [1.165, 1.54) is 5.56 Å². The molecular weight excluding hydrogens is 212 g/mol. The molecule has 0 aromatic heterocycles. The van der Waals surface area contributed by atoms with Crippen molar-refractivity contribution in [2.24, 2.45) is 0 Å². The summed E-state index contributed by atoms with van der Waals surface area (Å²) in [5, 5.41) is 12.1. The monoisotopic (exact) mass is 232 g/mol. The number of methoxy groups -OCH3 is 1. The Kier molecular flexibility index (Phi) is 4.14. The molecule has 0 fully saturated rings. The van der Waals surface area contributed by atoms with Crippen molar-refractivity contribution in [3.63, 3.8) is 0 Å². The molecule has 0 amide bonds. The molecular formula is C14H20N2O. The molecule has 3 heteroatoms. The zero-order chi connectivity index (χ0) is 13.1. The topological polar surface area (TPSA) is 45.0 Å². The number of ether oxygens (including phenoxy) is 1. The van der Waals surface area contributed by atoms with Crippen molar-refractivity contribution in [3.8, 4) is 11.8 Å². The second-order valence-electron chi connectivity index (χ2n) is 5.06. The first-order valence-electron chi connectivity index (χ1n) is 5.69. The molecule has 3 nitrogen and oxygen atoms in total. The summed E-state index contributed by atoms with van der Waals surface area (Å²) in [5.41, 5.74) is 2.16. The lowest BCUT2D eigenvalue weighted by molar-refractivity contribution is 0.405. The summed E-state index contributed by atoms with van der Waals surface area (Å²) in [6.45, 7) is 6.46. The maximum Gasteiger partial charge on any atom is 0.124 e. The van der Waals surface area contributed by atoms with Gasteiger partial charge in [0.25, 0.3) is 0 Å². The van der Waals surface area contributed by atoms with Crippen LogP contribution in [-0.2, 0) is 5.41 Å². The van der Waals surface area contributed by atoms with Crippen molar-refractivity contribution < 1.29 is 4.74 Å². The summed E-state index contributed by atoms with van der Waals surface area (Å²) in [4.78, 5) is 0. The predicted molar refractivity (Wildman–Crippen MR) is 69.1 cm³/mol. The molecule has 0 bridgehead atoms. The Hall–Kier alpha value is -1.53. The van der Waals surface area contributed by atoms with Crippen LogP contribution < -0.4 is 10.1 Å². The fourth-order valence-electron chi connectivity index (χ4n) is 1.72. The molecule has 92 valence electrons. The molecule has 1 aromatic rings. The largest absolute Gasteiger partial charge is 0.496 e. The van der Waals surface area contributed by atoms with E-state index in [0.29, 0.717) is 0 Å². The van der Waals surface area contributed by atoms with Crippen LogP contribution >= 0.6 is 0 Å². The summed E-state index contributed by atoms with van der Waals surface area (Å²) in [7, 11) is 3.40. The molecule has 0 saturated heterocycles. The van der Waals surface area contributed by atoms with Gasteiger partial charge in [-0.05, 0) is 30.2 Å². The maximum atomic E-state index is 9.13. The number of nitrogens with one attached hydrogen (secondary N) is 1. The van der Waals surface area contributed by atoms with Crippen molar-refractivity contribution in [2.45, 2.75) is 32.2 Å². The van der Waals surface area contributed by atoms with E-state index in [4.69, 9.17) is 10.00 Å². The molecule has 0 aliphatic heterocycles. The van der Waals surface area contributed by atoms with Gasteiger partial charge in [-0.25, -0.2) is 0 Å². The predicted octanol–water partition coefficient (Wildman–Crippen LogP) is 2.78. The van der Waals surface area contributed by atoms with Gasteiger partial charge in [0.1, 0.15) is 11.8 Å². The van der Waals surface area contributed by atoms with E-state index in [1.54, 1.807) is 14.2 Å². The highest BCUT2D eigenvalue weighted by atomic mass is 16.5. The molecule has 0 spiro atoms. The first kappa shape index (κ1) is 13.5. The van der Waals surface area contributed by atoms with Crippen molar-refractivity contribution in [1.29, 1.82) is 5.26 Å². The fourth-order valence-corrected chi connectivity index (χ4v) is 1.72. The smallest absolute Gasteiger partial charge is 0.124 e. The number of hydrogen-bond acceptors (Lipinski definition) is 3. The number of hydrogen-bond donors (Lipinski definition) is 1. The van der Waals surface area contributed by atoms with Crippen LogP contribution in [0.15, 0.2) is 18.2 Å². The van der Waals surface area contributed by atoms with E-state index >= 15 is 0 Å². The Balaban J connectivity index is 3.30. The molecule has 0 saturated carbocycles. The third kappa shape index (κ3) is 2.98. The average molecular weight is 232 g/mol. The molecule has 1 rings (SSSR count). The minimum Gasteiger partial charge on any atom is -0.496 e. The third-order valence-electron chi connectivity index (χ3n) is 2.82. The normalized spacial score (nSPS) is 12.9. The Bertz CT molecular complexity index is 427. The standard InChI is InChI=1S/C14H20N2O/c1-14(2,3)10-6-7-13(17-5)11(8-10)12(9-15)16-4/h6-8,12,16H,1-5H3. The van der Waals surface area contributed by atoms with Crippen LogP contribution in [0.3, 0.4) is 0 Å². The first-order valence-corrected chi connectivity index (χ1v) is 5.69. The molecule has 0 heterocycles. The Morgan fingerprint density at radius 1 is 1.35 bits per heavy atom. The van der Waals surface area contributed by atoms with Gasteiger partial charge in [-0.15, -0.1) is 0 Å². The minimum atomic E-state index is -0.341. The van der Waals surface area contributed by atoms with Gasteiger partial charge in [0.15, 0.2) is 0 Å². The lowest BCUT2D eigenvalue weighted by Gasteiger charge is -2.22. The van der Waals surface area contributed by atoms with Gasteiger partial charge < -0.3 is 10.1 Å². The van der Waals surface area contributed by atoms with Crippen LogP contribution in [0.4, 0.5) is 0 Å². The van der Waals surface area contributed by atoms with E-state index in [2.05, 4.69) is 32.2 Å². The zero-order valence-corrected chi connectivity index (χ0v) is 11.2. The van der Waals surface area contributed by atoms with E-state index < -0.39 is 0 Å². The van der Waals surface area contributed by atoms with E-state index in [1.807, 2.05) is 18.2 Å². The number of nitriles is 1. The summed E-state index contributed by atoms with van der Waals surface area (Å²) >= 11 is 0. The fraction of sp³-hybridized carbons (Fsp3) is 0.500. The van der Waals surface area contributed by atoms with Crippen molar-refractivity contribution >= 4 is 0 Å². The van der Waals surface area contributed by atoms with Gasteiger partial charge in [-0.1, -0.05) is 26.8 Å². The van der Waals surface area contributed by atoms with E-state index in [9.17, 15) is 0 Å². The van der Waals surface area contributed by atoms with Crippen LogP contribution in [0.2, 0.25) is 0 Å². The Morgan fingerprint density at radius 2 is 2.00 bits per heavy atom. The van der Waals surface area contributed by atoms with Crippen LogP contribution in [0.1, 0.15) is 37.9 Å². The molecule has 1 aromatic carbocycles. The van der Waals surface area contributed by atoms with Gasteiger partial charge in [0.2, 0.25) is 0 Å². The third-order valence-corrected chi connectivity index (χ3v) is 2.82. The SMILES string of the molecule is CNC(C#N)c1cc(C(C)(C)C)ccc1OC. The quantitative estimate of drug-likeness (QED) is 0.871. The lowest BCUT2D eigenvalue weighted by Crippen LogP contribution is -2.17. The molecule has 0 aliphatic rings. The van der Waals surface area contributed by atoms with Gasteiger partial charge in [-0.2, -0.15) is 5.26 Å². The maximum absolute atomic E-state index is 9.13. The molecule has 0 aliphatic carbocycles. The van der Waals surface area contributed by atoms with E-state index in [-0.39, 0.29) is 11.5 Å². The van der Waals surface area contributed by atoms with Gasteiger partial charge >= 0.3 is 0 Å². The van der Waals surface area contributed by atoms with Gasteiger partial charge in [-0.3, -0.25) is 0 Å². The van der Waals surface area contributed by atoms with Crippen molar-refractivity contribution in [3.05, 3.63) is 29.3 Å². The van der Waals surface area contributed by atoms with Crippen molar-refractivity contribution in [1.82, 2.24) is 5.32 Å². The second kappa shape index (κ2) is 5.20. The number of nitrogens with zero attached hydrogens (tertiary/aromatic N) is 1. The van der Waals surface area contributed by atoms with E-state index in [0.717, 1.165) is 11.3 Å². The highest BCUT2D eigenvalue weighted by Crippen LogP contribution is 2.31. The van der Waals surface area contributed by atoms with Crippen LogP contribution in [0, 0.1) is 11.3 Å². The second-order valence-corrected chi connectivity index (χ2v) is 5.06. The first-order chi connectivity index (χ1) is 7.93. The summed E-state index contributed by atoms with van der Waals surface area (Å²) < 4.78 is 5.31. The Labute approximate surface area is 103 Å². The van der Waals surface area contributed by atoms with Crippen molar-refractivity contribution in [2.75, 3.05) is 14.2 Å². The molecule has 1 atom stereocenters. The van der Waals surface area contributed by atoms with Crippen LogP contribution in [0.5, 0.6) is 5.75 Å². The molecule has 1 N–H and O–H groups in total. The van der Waals surface area contributed by atoms with Crippen LogP contribution in [-0.4, -0.2) is 14.2 Å². The summed E-state index contributed by atoms with van der Waals surface area (Å²) in [6.07, 6.45) is 0. The summed E-state index contributed by atoms with van der Waals surface area (Å²) in [6, 6.07) is 7.91.